The minimum absolute atomic E-state index is 0.0139. The maximum Gasteiger partial charge on any atom is 0.247 e. The lowest BCUT2D eigenvalue weighted by molar-refractivity contribution is -0.127. The molecular weight excluding hydrogens is 332 g/mol. The number of carbonyl (C=O) groups excluding carboxylic acids is 2. The standard InChI is InChI=1S/C20H22N2O4/c1-20(19(21)24)8-13(18(23)22-14-9-25-10-14)7-15-16(11-26-17(15)20)12-5-3-2-4-6-12/h2-7,14,16H,8-11H2,1H3,(H2,21,24)(H,22,23). The summed E-state index contributed by atoms with van der Waals surface area (Å²) in [6, 6.07) is 9.98. The second-order valence-electron chi connectivity index (χ2n) is 7.31. The fourth-order valence-electron chi connectivity index (χ4n) is 3.75. The van der Waals surface area contributed by atoms with E-state index in [1.807, 2.05) is 36.4 Å². The molecule has 2 atom stereocenters. The lowest BCUT2D eigenvalue weighted by Gasteiger charge is -2.33. The Balaban J connectivity index is 1.71. The van der Waals surface area contributed by atoms with Crippen LogP contribution in [0.25, 0.3) is 0 Å². The van der Waals surface area contributed by atoms with Gasteiger partial charge in [0.2, 0.25) is 11.8 Å². The van der Waals surface area contributed by atoms with Crippen LogP contribution in [-0.4, -0.2) is 37.7 Å². The van der Waals surface area contributed by atoms with Crippen molar-refractivity contribution in [2.24, 2.45) is 11.1 Å². The van der Waals surface area contributed by atoms with Crippen LogP contribution in [0, 0.1) is 5.41 Å². The monoisotopic (exact) mass is 354 g/mol. The van der Waals surface area contributed by atoms with E-state index in [0.717, 1.165) is 11.1 Å². The van der Waals surface area contributed by atoms with E-state index in [1.54, 1.807) is 6.92 Å². The Morgan fingerprint density at radius 2 is 1.92 bits per heavy atom. The van der Waals surface area contributed by atoms with Crippen LogP contribution < -0.4 is 11.1 Å². The Morgan fingerprint density at radius 3 is 2.54 bits per heavy atom. The average Bonchev–Trinajstić information content (AvgIpc) is 3.03. The number of primary amides is 1. The Bertz CT molecular complexity index is 810. The molecule has 6 nitrogen and oxygen atoms in total. The van der Waals surface area contributed by atoms with Crippen molar-refractivity contribution in [2.45, 2.75) is 25.3 Å². The minimum Gasteiger partial charge on any atom is -0.495 e. The maximum absolute atomic E-state index is 12.7. The molecule has 4 rings (SSSR count). The molecule has 2 amide bonds. The first-order valence-electron chi connectivity index (χ1n) is 8.80. The van der Waals surface area contributed by atoms with Gasteiger partial charge >= 0.3 is 0 Å². The molecule has 1 aromatic rings. The molecule has 1 saturated heterocycles. The third-order valence-corrected chi connectivity index (χ3v) is 5.42. The first-order valence-corrected chi connectivity index (χ1v) is 8.80. The summed E-state index contributed by atoms with van der Waals surface area (Å²) in [4.78, 5) is 24.9. The molecule has 3 N–H and O–H groups in total. The number of hydrogen-bond donors (Lipinski definition) is 2. The zero-order valence-corrected chi connectivity index (χ0v) is 14.7. The first kappa shape index (κ1) is 16.8. The Hall–Kier alpha value is -2.60. The third kappa shape index (κ3) is 2.70. The van der Waals surface area contributed by atoms with Gasteiger partial charge in [-0.25, -0.2) is 0 Å². The van der Waals surface area contributed by atoms with Crippen molar-refractivity contribution in [3.8, 4) is 0 Å². The number of amides is 2. The molecule has 136 valence electrons. The van der Waals surface area contributed by atoms with Crippen molar-refractivity contribution in [3.63, 3.8) is 0 Å². The largest absolute Gasteiger partial charge is 0.495 e. The summed E-state index contributed by atoms with van der Waals surface area (Å²) in [5.41, 5.74) is 7.22. The van der Waals surface area contributed by atoms with Gasteiger partial charge in [0.15, 0.2) is 0 Å². The molecule has 1 fully saturated rings. The van der Waals surface area contributed by atoms with Gasteiger partial charge in [-0.15, -0.1) is 0 Å². The molecule has 1 aliphatic carbocycles. The van der Waals surface area contributed by atoms with Crippen LogP contribution >= 0.6 is 0 Å². The molecule has 6 heteroatoms. The van der Waals surface area contributed by atoms with Gasteiger partial charge in [0.05, 0.1) is 25.9 Å². The molecule has 26 heavy (non-hydrogen) atoms. The maximum atomic E-state index is 12.7. The van der Waals surface area contributed by atoms with E-state index in [9.17, 15) is 9.59 Å². The summed E-state index contributed by atoms with van der Waals surface area (Å²) in [7, 11) is 0. The van der Waals surface area contributed by atoms with E-state index in [-0.39, 0.29) is 24.3 Å². The van der Waals surface area contributed by atoms with Crippen LogP contribution in [0.15, 0.2) is 53.3 Å². The highest BCUT2D eigenvalue weighted by atomic mass is 16.5. The number of benzene rings is 1. The topological polar surface area (TPSA) is 90.7 Å². The number of allylic oxidation sites excluding steroid dienone is 1. The molecule has 0 spiro atoms. The van der Waals surface area contributed by atoms with Crippen molar-refractivity contribution in [3.05, 3.63) is 58.9 Å². The molecule has 3 aliphatic rings. The number of carbonyl (C=O) groups is 2. The highest BCUT2D eigenvalue weighted by molar-refractivity contribution is 5.97. The van der Waals surface area contributed by atoms with E-state index in [1.165, 1.54) is 0 Å². The van der Waals surface area contributed by atoms with Crippen molar-refractivity contribution in [1.82, 2.24) is 5.32 Å². The highest BCUT2D eigenvalue weighted by Crippen LogP contribution is 2.49. The van der Waals surface area contributed by atoms with Crippen LogP contribution in [0.2, 0.25) is 0 Å². The van der Waals surface area contributed by atoms with Crippen molar-refractivity contribution < 1.29 is 19.1 Å². The molecule has 1 aromatic carbocycles. The molecule has 0 radical (unpaired) electrons. The van der Waals surface area contributed by atoms with Crippen LogP contribution in [0.3, 0.4) is 0 Å². The Morgan fingerprint density at radius 1 is 1.19 bits per heavy atom. The Kier molecular flexibility index (Phi) is 4.07. The lowest BCUT2D eigenvalue weighted by Crippen LogP contribution is -2.50. The summed E-state index contributed by atoms with van der Waals surface area (Å²) < 4.78 is 11.0. The number of nitrogens with two attached hydrogens (primary N) is 1. The summed E-state index contributed by atoms with van der Waals surface area (Å²) >= 11 is 0. The predicted octanol–water partition coefficient (Wildman–Crippen LogP) is 1.39. The number of ether oxygens (including phenoxy) is 2. The van der Waals surface area contributed by atoms with Gasteiger partial charge < -0.3 is 20.5 Å². The van der Waals surface area contributed by atoms with Gasteiger partial charge in [-0.2, -0.15) is 0 Å². The second kappa shape index (κ2) is 6.29. The fourth-order valence-corrected chi connectivity index (χ4v) is 3.75. The van der Waals surface area contributed by atoms with E-state index in [0.29, 0.717) is 31.2 Å². The number of nitrogens with one attached hydrogen (secondary N) is 1. The van der Waals surface area contributed by atoms with Crippen LogP contribution in [0.4, 0.5) is 0 Å². The normalized spacial score (nSPS) is 27.9. The SMILES string of the molecule is CC1(C(N)=O)CC(C(=O)NC2COC2)=CC2=C1OCC2c1ccccc1. The second-order valence-corrected chi connectivity index (χ2v) is 7.31. The quantitative estimate of drug-likeness (QED) is 0.855. The molecular formula is C20H22N2O4. The summed E-state index contributed by atoms with van der Waals surface area (Å²) in [5, 5.41) is 2.95. The third-order valence-electron chi connectivity index (χ3n) is 5.42. The zero-order chi connectivity index (χ0) is 18.3. The molecule has 0 bridgehead atoms. The molecule has 2 unspecified atom stereocenters. The molecule has 0 saturated carbocycles. The van der Waals surface area contributed by atoms with Gasteiger partial charge in [-0.05, 0) is 25.0 Å². The first-order chi connectivity index (χ1) is 12.5. The minimum atomic E-state index is -1.02. The Labute approximate surface area is 152 Å². The lowest BCUT2D eigenvalue weighted by atomic mass is 9.73. The van der Waals surface area contributed by atoms with Crippen molar-refractivity contribution >= 4 is 11.8 Å². The van der Waals surface area contributed by atoms with E-state index in [4.69, 9.17) is 15.2 Å². The summed E-state index contributed by atoms with van der Waals surface area (Å²) in [5.74, 6) is -0.0671. The molecule has 2 aliphatic heterocycles. The van der Waals surface area contributed by atoms with Crippen LogP contribution in [0.5, 0.6) is 0 Å². The van der Waals surface area contributed by atoms with E-state index in [2.05, 4.69) is 5.32 Å². The van der Waals surface area contributed by atoms with Gasteiger partial charge in [-0.3, -0.25) is 9.59 Å². The van der Waals surface area contributed by atoms with Crippen molar-refractivity contribution in [1.29, 1.82) is 0 Å². The number of hydrogen-bond acceptors (Lipinski definition) is 4. The fraction of sp³-hybridized carbons (Fsp3) is 0.400. The van der Waals surface area contributed by atoms with E-state index < -0.39 is 11.3 Å². The van der Waals surface area contributed by atoms with Gasteiger partial charge in [-0.1, -0.05) is 30.3 Å². The van der Waals surface area contributed by atoms with Gasteiger partial charge in [0, 0.05) is 17.1 Å². The average molecular weight is 354 g/mol. The van der Waals surface area contributed by atoms with Gasteiger partial charge in [0.25, 0.3) is 0 Å². The number of rotatable bonds is 4. The smallest absolute Gasteiger partial charge is 0.247 e. The molecule has 2 heterocycles. The zero-order valence-electron chi connectivity index (χ0n) is 14.7. The van der Waals surface area contributed by atoms with Crippen molar-refractivity contribution in [2.75, 3.05) is 19.8 Å². The molecule has 0 aromatic heterocycles. The predicted molar refractivity (Wildman–Crippen MR) is 94.9 cm³/mol. The highest BCUT2D eigenvalue weighted by Gasteiger charge is 2.47. The van der Waals surface area contributed by atoms with Crippen LogP contribution in [0.1, 0.15) is 24.8 Å². The summed E-state index contributed by atoms with van der Waals surface area (Å²) in [6.07, 6.45) is 2.11. The summed E-state index contributed by atoms with van der Waals surface area (Å²) in [6.45, 7) is 3.25. The van der Waals surface area contributed by atoms with Crippen LogP contribution in [-0.2, 0) is 19.1 Å². The van der Waals surface area contributed by atoms with E-state index >= 15 is 0 Å². The van der Waals surface area contributed by atoms with Gasteiger partial charge in [0.1, 0.15) is 11.2 Å².